The summed E-state index contributed by atoms with van der Waals surface area (Å²) in [6.45, 7) is 1.64. The van der Waals surface area contributed by atoms with Gasteiger partial charge < -0.3 is 4.90 Å². The van der Waals surface area contributed by atoms with E-state index in [4.69, 9.17) is 0 Å². The van der Waals surface area contributed by atoms with Gasteiger partial charge in [0.2, 0.25) is 0 Å². The second-order valence-corrected chi connectivity index (χ2v) is 8.64. The van der Waals surface area contributed by atoms with Crippen LogP contribution in [0.3, 0.4) is 0 Å². The quantitative estimate of drug-likeness (QED) is 0.332. The van der Waals surface area contributed by atoms with Crippen molar-refractivity contribution >= 4 is 23.9 Å². The molecule has 0 bridgehead atoms. The van der Waals surface area contributed by atoms with Crippen LogP contribution in [0, 0.1) is 0 Å². The third-order valence-corrected chi connectivity index (χ3v) is 3.20. The minimum absolute atomic E-state index is 0.122. The molecule has 0 aromatic carbocycles. The molecule has 12 heteroatoms. The van der Waals surface area contributed by atoms with Crippen molar-refractivity contribution in [2.24, 2.45) is 0 Å². The Balaban J connectivity index is 0. The zero-order valence-electron chi connectivity index (χ0n) is 12.2. The minimum atomic E-state index is -10.7. The van der Waals surface area contributed by atoms with Gasteiger partial charge in [-0.25, -0.2) is 13.0 Å². The Labute approximate surface area is 119 Å². The van der Waals surface area contributed by atoms with E-state index in [0.717, 1.165) is 0 Å². The van der Waals surface area contributed by atoms with Gasteiger partial charge in [-0.05, 0) is 0 Å². The van der Waals surface area contributed by atoms with Crippen LogP contribution in [-0.4, -0.2) is 58.1 Å². The zero-order chi connectivity index (χ0) is 17.8. The number of halogens is 6. The van der Waals surface area contributed by atoms with Crippen molar-refractivity contribution in [1.82, 2.24) is 4.90 Å². The van der Waals surface area contributed by atoms with Crippen molar-refractivity contribution in [3.63, 3.8) is 0 Å². The third-order valence-electron chi connectivity index (χ3n) is 1.51. The van der Waals surface area contributed by atoms with Gasteiger partial charge in [0.15, 0.2) is 16.1 Å². The molecule has 0 saturated heterocycles. The Bertz CT molecular complexity index is 506. The molecule has 0 unspecified atom stereocenters. The second-order valence-electron chi connectivity index (χ2n) is 4.45. The number of hydrogen-bond acceptors (Lipinski definition) is 3. The van der Waals surface area contributed by atoms with Crippen LogP contribution in [0.5, 0.6) is 0 Å². The van der Waals surface area contributed by atoms with Crippen molar-refractivity contribution in [3.8, 4) is 0 Å². The fourth-order valence-electron chi connectivity index (χ4n) is 0.870. The summed E-state index contributed by atoms with van der Waals surface area (Å²) in [5.74, 6) is 0.122. The van der Waals surface area contributed by atoms with E-state index in [9.17, 15) is 33.6 Å². The van der Waals surface area contributed by atoms with Crippen LogP contribution < -0.4 is 0 Å². The normalized spacial score (nSPS) is 16.0. The molecule has 0 N–H and O–H groups in total. The first kappa shape index (κ1) is 22.5. The van der Waals surface area contributed by atoms with E-state index in [1.807, 2.05) is 0 Å². The van der Waals surface area contributed by atoms with E-state index >= 15 is 0 Å². The van der Waals surface area contributed by atoms with E-state index in [1.165, 1.54) is 0 Å². The summed E-state index contributed by atoms with van der Waals surface area (Å²) in [5, 5.41) is 0. The van der Waals surface area contributed by atoms with Gasteiger partial charge >= 0.3 is 33.0 Å². The van der Waals surface area contributed by atoms with Gasteiger partial charge in [-0.15, -0.1) is 0 Å². The standard InChI is InChI=1S/C9H19N2O2S.F6P/c1-6-14(12,13)9(7-10(2)3)8-11(4)5;1-7(2,3,4,5)6/h7-8H,6H2,1-5H3;/q+1;-1. The van der Waals surface area contributed by atoms with Crippen LogP contribution >= 0.6 is 7.81 Å². The van der Waals surface area contributed by atoms with Crippen LogP contribution in [0.4, 0.5) is 25.2 Å². The van der Waals surface area contributed by atoms with Gasteiger partial charge in [0, 0.05) is 20.3 Å². The number of allylic oxidation sites excluding steroid dienone is 1. The first-order valence-electron chi connectivity index (χ1n) is 5.43. The number of nitrogens with zero attached hydrogens (tertiary/aromatic N) is 2. The molecule has 0 aromatic rings. The van der Waals surface area contributed by atoms with E-state index in [2.05, 4.69) is 0 Å². The average molecular weight is 364 g/mol. The SMILES string of the molecule is CCS(=O)(=O)/C(C=[N+](C)C)=C\N(C)C.F[P-](F)(F)(F)(F)F. The molecule has 0 aliphatic rings. The van der Waals surface area contributed by atoms with Gasteiger partial charge in [-0.1, -0.05) is 6.92 Å². The monoisotopic (exact) mass is 364 g/mol. The molecule has 4 nitrogen and oxygen atoms in total. The van der Waals surface area contributed by atoms with Gasteiger partial charge in [-0.3, -0.25) is 0 Å². The van der Waals surface area contributed by atoms with Crippen LogP contribution in [0.1, 0.15) is 6.92 Å². The summed E-state index contributed by atoms with van der Waals surface area (Å²) >= 11 is 0. The zero-order valence-corrected chi connectivity index (χ0v) is 13.9. The molecule has 0 rings (SSSR count). The molecule has 130 valence electrons. The molecule has 0 amide bonds. The van der Waals surface area contributed by atoms with Gasteiger partial charge in [0.25, 0.3) is 0 Å². The number of rotatable bonds is 4. The molecule has 0 aliphatic carbocycles. The fourth-order valence-corrected chi connectivity index (χ4v) is 1.95. The van der Waals surface area contributed by atoms with E-state index < -0.39 is 17.6 Å². The Hall–Kier alpha value is -0.830. The summed E-state index contributed by atoms with van der Waals surface area (Å²) in [5.41, 5.74) is 0. The topological polar surface area (TPSA) is 40.4 Å². The molecular weight excluding hydrogens is 345 g/mol. The van der Waals surface area contributed by atoms with Crippen molar-refractivity contribution in [2.75, 3.05) is 33.9 Å². The Kier molecular flexibility index (Phi) is 6.54. The first-order valence-corrected chi connectivity index (χ1v) is 9.11. The van der Waals surface area contributed by atoms with Gasteiger partial charge in [0.05, 0.1) is 5.75 Å². The Morgan fingerprint density at radius 3 is 1.62 bits per heavy atom. The second kappa shape index (κ2) is 6.12. The third kappa shape index (κ3) is 21.6. The average Bonchev–Trinajstić information content (AvgIpc) is 2.10. The number of sulfone groups is 1. The molecule has 0 aliphatic heterocycles. The van der Waals surface area contributed by atoms with Gasteiger partial charge in [0.1, 0.15) is 19.0 Å². The number of hydrogen-bond donors (Lipinski definition) is 0. The predicted octanol–water partition coefficient (Wildman–Crippen LogP) is 3.55. The summed E-state index contributed by atoms with van der Waals surface area (Å²) < 4.78 is 84.2. The summed E-state index contributed by atoms with van der Waals surface area (Å²) in [4.78, 5) is 2.07. The predicted molar refractivity (Wildman–Crippen MR) is 73.0 cm³/mol. The molecule has 0 saturated carbocycles. The van der Waals surface area contributed by atoms with E-state index in [1.54, 1.807) is 57.0 Å². The molecular formula is C9H19F6N2O2PS. The van der Waals surface area contributed by atoms with E-state index in [-0.39, 0.29) is 5.75 Å². The van der Waals surface area contributed by atoms with Crippen LogP contribution in [-0.2, 0) is 9.84 Å². The van der Waals surface area contributed by atoms with Crippen LogP contribution in [0.2, 0.25) is 0 Å². The Morgan fingerprint density at radius 2 is 1.43 bits per heavy atom. The summed E-state index contributed by atoms with van der Waals surface area (Å²) in [6, 6.07) is 0. The molecule has 0 fully saturated rings. The van der Waals surface area contributed by atoms with Crippen LogP contribution in [0.25, 0.3) is 0 Å². The molecule has 21 heavy (non-hydrogen) atoms. The van der Waals surface area contributed by atoms with Crippen molar-refractivity contribution in [2.45, 2.75) is 6.92 Å². The Morgan fingerprint density at radius 1 is 1.10 bits per heavy atom. The summed E-state index contributed by atoms with van der Waals surface area (Å²) in [6.07, 6.45) is 3.22. The maximum absolute atomic E-state index is 11.6. The molecule has 0 aromatic heterocycles. The summed E-state index contributed by atoms with van der Waals surface area (Å²) in [7, 11) is -6.58. The molecule has 0 radical (unpaired) electrons. The van der Waals surface area contributed by atoms with Crippen molar-refractivity contribution < 1.29 is 38.2 Å². The molecule has 0 heterocycles. The van der Waals surface area contributed by atoms with Crippen molar-refractivity contribution in [3.05, 3.63) is 11.1 Å². The van der Waals surface area contributed by atoms with Crippen molar-refractivity contribution in [1.29, 1.82) is 0 Å². The van der Waals surface area contributed by atoms with Gasteiger partial charge in [-0.2, -0.15) is 0 Å². The molecule has 0 spiro atoms. The first-order chi connectivity index (χ1) is 8.74. The fraction of sp³-hybridized carbons (Fsp3) is 0.667. The van der Waals surface area contributed by atoms with E-state index in [0.29, 0.717) is 4.91 Å². The molecule has 0 atom stereocenters. The van der Waals surface area contributed by atoms with Crippen LogP contribution in [0.15, 0.2) is 11.1 Å². The maximum atomic E-state index is 11.6.